The summed E-state index contributed by atoms with van der Waals surface area (Å²) in [4.78, 5) is 0. The Hall–Kier alpha value is -0.830. The van der Waals surface area contributed by atoms with Crippen LogP contribution < -0.4 is 5.32 Å². The van der Waals surface area contributed by atoms with Gasteiger partial charge in [0.2, 0.25) is 0 Å². The molecule has 0 spiro atoms. The predicted octanol–water partition coefficient (Wildman–Crippen LogP) is 2.65. The third-order valence-corrected chi connectivity index (χ3v) is 2.30. The van der Waals surface area contributed by atoms with Gasteiger partial charge in [-0.2, -0.15) is 0 Å². The van der Waals surface area contributed by atoms with E-state index in [9.17, 15) is 0 Å². The smallest absolute Gasteiger partial charge is 0.133 e. The minimum atomic E-state index is 0.562. The highest BCUT2D eigenvalue weighted by molar-refractivity contribution is 5.02. The molecule has 0 bridgehead atoms. The van der Waals surface area contributed by atoms with Crippen molar-refractivity contribution in [2.24, 2.45) is 0 Å². The lowest BCUT2D eigenvalue weighted by atomic mass is 10.1. The van der Waals surface area contributed by atoms with Gasteiger partial charge in [0.25, 0.3) is 0 Å². The average Bonchev–Trinajstić information content (AvgIpc) is 2.58. The number of nitrogens with zero attached hydrogens (tertiary/aromatic N) is 1. The van der Waals surface area contributed by atoms with E-state index < -0.39 is 0 Å². The van der Waals surface area contributed by atoms with E-state index in [1.54, 1.807) is 0 Å². The van der Waals surface area contributed by atoms with Gasteiger partial charge in [-0.15, -0.1) is 0 Å². The molecule has 1 unspecified atom stereocenters. The van der Waals surface area contributed by atoms with Gasteiger partial charge < -0.3 is 9.84 Å². The summed E-state index contributed by atoms with van der Waals surface area (Å²) in [6, 6.07) is 2.53. The third kappa shape index (κ3) is 3.92. The van der Waals surface area contributed by atoms with E-state index in [0.29, 0.717) is 6.04 Å². The van der Waals surface area contributed by atoms with Crippen molar-refractivity contribution in [1.82, 2.24) is 10.5 Å². The van der Waals surface area contributed by atoms with Crippen molar-refractivity contribution in [3.05, 3.63) is 17.5 Å². The molecule has 1 aromatic rings. The first-order valence-corrected chi connectivity index (χ1v) is 5.38. The van der Waals surface area contributed by atoms with E-state index in [-0.39, 0.29) is 0 Å². The second kappa shape index (κ2) is 5.81. The Morgan fingerprint density at radius 3 is 2.93 bits per heavy atom. The van der Waals surface area contributed by atoms with E-state index in [1.165, 1.54) is 19.3 Å². The van der Waals surface area contributed by atoms with Gasteiger partial charge in [0.1, 0.15) is 5.76 Å². The summed E-state index contributed by atoms with van der Waals surface area (Å²) in [5, 5.41) is 7.36. The van der Waals surface area contributed by atoms with Crippen molar-refractivity contribution >= 4 is 0 Å². The maximum atomic E-state index is 4.99. The topological polar surface area (TPSA) is 38.1 Å². The van der Waals surface area contributed by atoms with Crippen LogP contribution in [0.1, 0.15) is 44.6 Å². The van der Waals surface area contributed by atoms with Crippen molar-refractivity contribution in [3.63, 3.8) is 0 Å². The summed E-state index contributed by atoms with van der Waals surface area (Å²) in [7, 11) is 0. The van der Waals surface area contributed by atoms with E-state index in [2.05, 4.69) is 24.3 Å². The van der Waals surface area contributed by atoms with Crippen LogP contribution in [0.3, 0.4) is 0 Å². The lowest BCUT2D eigenvalue weighted by Gasteiger charge is -2.11. The van der Waals surface area contributed by atoms with Crippen molar-refractivity contribution in [3.8, 4) is 0 Å². The van der Waals surface area contributed by atoms with Gasteiger partial charge in [-0.1, -0.05) is 24.9 Å². The molecule has 1 heterocycles. The summed E-state index contributed by atoms with van der Waals surface area (Å²) in [6.07, 6.45) is 3.77. The number of hydrogen-bond donors (Lipinski definition) is 1. The van der Waals surface area contributed by atoms with E-state index >= 15 is 0 Å². The van der Waals surface area contributed by atoms with Crippen molar-refractivity contribution in [1.29, 1.82) is 0 Å². The van der Waals surface area contributed by atoms with Gasteiger partial charge in [-0.3, -0.25) is 0 Å². The monoisotopic (exact) mass is 196 g/mol. The summed E-state index contributed by atoms with van der Waals surface area (Å²) in [5.74, 6) is 0.878. The van der Waals surface area contributed by atoms with E-state index in [4.69, 9.17) is 4.52 Å². The highest BCUT2D eigenvalue weighted by Gasteiger charge is 2.03. The summed E-state index contributed by atoms with van der Waals surface area (Å²) >= 11 is 0. The molecule has 0 saturated heterocycles. The molecular formula is C11H20N2O. The SMILES string of the molecule is CCCCC(C)NCc1cc(C)on1. The number of nitrogens with one attached hydrogen (secondary N) is 1. The molecule has 1 rings (SSSR count). The van der Waals surface area contributed by atoms with Gasteiger partial charge >= 0.3 is 0 Å². The standard InChI is InChI=1S/C11H20N2O/c1-4-5-6-9(2)12-8-11-7-10(3)14-13-11/h7,9,12H,4-6,8H2,1-3H3. The summed E-state index contributed by atoms with van der Waals surface area (Å²) in [6.45, 7) is 7.15. The van der Waals surface area contributed by atoms with Crippen LogP contribution >= 0.6 is 0 Å². The first kappa shape index (κ1) is 11.2. The molecule has 1 N–H and O–H groups in total. The third-order valence-electron chi connectivity index (χ3n) is 2.30. The second-order valence-corrected chi connectivity index (χ2v) is 3.85. The molecule has 3 heteroatoms. The van der Waals surface area contributed by atoms with Gasteiger partial charge in [0, 0.05) is 18.7 Å². The molecular weight excluding hydrogens is 176 g/mol. The van der Waals surface area contributed by atoms with Gasteiger partial charge in [-0.05, 0) is 20.3 Å². The Morgan fingerprint density at radius 1 is 1.57 bits per heavy atom. The fourth-order valence-electron chi connectivity index (χ4n) is 1.39. The summed E-state index contributed by atoms with van der Waals surface area (Å²) < 4.78 is 4.99. The molecule has 0 fully saturated rings. The van der Waals surface area contributed by atoms with E-state index in [0.717, 1.165) is 18.0 Å². The Bertz CT molecular complexity index is 258. The van der Waals surface area contributed by atoms with Crippen LogP contribution in [0, 0.1) is 6.92 Å². The van der Waals surface area contributed by atoms with Gasteiger partial charge in [0.05, 0.1) is 5.69 Å². The van der Waals surface area contributed by atoms with Crippen LogP contribution in [0.4, 0.5) is 0 Å². The Balaban J connectivity index is 2.20. The lowest BCUT2D eigenvalue weighted by molar-refractivity contribution is 0.384. The fraction of sp³-hybridized carbons (Fsp3) is 0.727. The maximum Gasteiger partial charge on any atom is 0.133 e. The predicted molar refractivity (Wildman–Crippen MR) is 57.1 cm³/mol. The Morgan fingerprint density at radius 2 is 2.36 bits per heavy atom. The highest BCUT2D eigenvalue weighted by atomic mass is 16.5. The Kier molecular flexibility index (Phi) is 4.66. The van der Waals surface area contributed by atoms with Crippen LogP contribution in [0.25, 0.3) is 0 Å². The quantitative estimate of drug-likeness (QED) is 0.760. The molecule has 0 amide bonds. The van der Waals surface area contributed by atoms with Crippen LogP contribution in [0.5, 0.6) is 0 Å². The molecule has 1 aromatic heterocycles. The van der Waals surface area contributed by atoms with Crippen LogP contribution in [0.15, 0.2) is 10.6 Å². The van der Waals surface area contributed by atoms with Gasteiger partial charge in [0.15, 0.2) is 0 Å². The summed E-state index contributed by atoms with van der Waals surface area (Å²) in [5.41, 5.74) is 0.992. The molecule has 0 aliphatic rings. The molecule has 1 atom stereocenters. The first-order valence-electron chi connectivity index (χ1n) is 5.38. The normalized spacial score (nSPS) is 13.1. The zero-order valence-electron chi connectivity index (χ0n) is 9.34. The maximum absolute atomic E-state index is 4.99. The highest BCUT2D eigenvalue weighted by Crippen LogP contribution is 2.03. The number of aromatic nitrogens is 1. The molecule has 0 saturated carbocycles. The molecule has 14 heavy (non-hydrogen) atoms. The zero-order valence-corrected chi connectivity index (χ0v) is 9.34. The lowest BCUT2D eigenvalue weighted by Crippen LogP contribution is -2.25. The van der Waals surface area contributed by atoms with Crippen LogP contribution in [-0.2, 0) is 6.54 Å². The molecule has 0 radical (unpaired) electrons. The average molecular weight is 196 g/mol. The van der Waals surface area contributed by atoms with Crippen LogP contribution in [0.2, 0.25) is 0 Å². The van der Waals surface area contributed by atoms with Crippen molar-refractivity contribution in [2.45, 2.75) is 52.6 Å². The van der Waals surface area contributed by atoms with Crippen molar-refractivity contribution < 1.29 is 4.52 Å². The minimum Gasteiger partial charge on any atom is -0.361 e. The zero-order chi connectivity index (χ0) is 10.4. The van der Waals surface area contributed by atoms with E-state index in [1.807, 2.05) is 13.0 Å². The largest absolute Gasteiger partial charge is 0.361 e. The second-order valence-electron chi connectivity index (χ2n) is 3.85. The van der Waals surface area contributed by atoms with Crippen molar-refractivity contribution in [2.75, 3.05) is 0 Å². The number of rotatable bonds is 6. The molecule has 0 aromatic carbocycles. The number of aryl methyl sites for hydroxylation is 1. The van der Waals surface area contributed by atoms with Crippen LogP contribution in [-0.4, -0.2) is 11.2 Å². The molecule has 0 aliphatic carbocycles. The number of hydrogen-bond acceptors (Lipinski definition) is 3. The first-order chi connectivity index (χ1) is 6.72. The minimum absolute atomic E-state index is 0.562. The number of unbranched alkanes of at least 4 members (excludes halogenated alkanes) is 1. The van der Waals surface area contributed by atoms with Gasteiger partial charge in [-0.25, -0.2) is 0 Å². The molecule has 80 valence electrons. The Labute approximate surface area is 85.9 Å². The fourth-order valence-corrected chi connectivity index (χ4v) is 1.39. The molecule has 3 nitrogen and oxygen atoms in total. The molecule has 0 aliphatic heterocycles.